The van der Waals surface area contributed by atoms with Gasteiger partial charge in [0.15, 0.2) is 0 Å². The molecule has 0 saturated carbocycles. The van der Waals surface area contributed by atoms with Crippen molar-refractivity contribution in [1.29, 1.82) is 0 Å². The topological polar surface area (TPSA) is 38.8 Å². The zero-order chi connectivity index (χ0) is 17.9. The first-order valence-electron chi connectivity index (χ1n) is 9.93. The number of carbonyl (C=O) groups excluding carboxylic acids is 1. The first-order chi connectivity index (χ1) is 11.5. The van der Waals surface area contributed by atoms with Gasteiger partial charge in [-0.25, -0.2) is 4.79 Å². The van der Waals surface area contributed by atoms with E-state index in [9.17, 15) is 4.79 Å². The molecule has 1 aliphatic heterocycles. The van der Waals surface area contributed by atoms with Gasteiger partial charge in [0, 0.05) is 32.7 Å². The zero-order valence-electron chi connectivity index (χ0n) is 16.7. The molecular weight excluding hydrogens is 300 g/mol. The van der Waals surface area contributed by atoms with Gasteiger partial charge >= 0.3 is 6.03 Å². The van der Waals surface area contributed by atoms with Crippen LogP contribution < -0.4 is 5.32 Å². The van der Waals surface area contributed by atoms with Crippen molar-refractivity contribution >= 4 is 6.03 Å². The van der Waals surface area contributed by atoms with Crippen molar-refractivity contribution in [2.24, 2.45) is 11.8 Å². The molecule has 0 unspecified atom stereocenters. The van der Waals surface area contributed by atoms with Gasteiger partial charge in [-0.1, -0.05) is 34.6 Å². The third-order valence-corrected chi connectivity index (χ3v) is 5.03. The zero-order valence-corrected chi connectivity index (χ0v) is 16.7. The van der Waals surface area contributed by atoms with E-state index < -0.39 is 0 Å². The number of nitrogens with one attached hydrogen (secondary N) is 1. The lowest BCUT2D eigenvalue weighted by molar-refractivity contribution is 0.170. The summed E-state index contributed by atoms with van der Waals surface area (Å²) in [6.45, 7) is 19.8. The summed E-state index contributed by atoms with van der Waals surface area (Å²) in [4.78, 5) is 19.4. The number of piperidine rings is 1. The summed E-state index contributed by atoms with van der Waals surface area (Å²) in [7, 11) is 0. The van der Waals surface area contributed by atoms with Crippen LogP contribution in [0.4, 0.5) is 4.79 Å². The van der Waals surface area contributed by atoms with Crippen molar-refractivity contribution in [1.82, 2.24) is 20.0 Å². The first-order valence-corrected chi connectivity index (χ1v) is 9.93. The second-order valence-electron chi connectivity index (χ2n) is 7.62. The third kappa shape index (κ3) is 8.34. The molecule has 0 aromatic heterocycles. The SMILES string of the molecule is CCN(CC)CCN(CC(C)C)C(=O)NCCN1CCC(C)CC1. The maximum Gasteiger partial charge on any atom is 0.317 e. The summed E-state index contributed by atoms with van der Waals surface area (Å²) in [6, 6.07) is 0.0984. The van der Waals surface area contributed by atoms with Crippen LogP contribution in [0.3, 0.4) is 0 Å². The Morgan fingerprint density at radius 3 is 2.33 bits per heavy atom. The highest BCUT2D eigenvalue weighted by molar-refractivity contribution is 5.74. The van der Waals surface area contributed by atoms with Gasteiger partial charge in [0.05, 0.1) is 0 Å². The van der Waals surface area contributed by atoms with Crippen LogP contribution >= 0.6 is 0 Å². The molecule has 1 N–H and O–H groups in total. The fraction of sp³-hybridized carbons (Fsp3) is 0.947. The number of amides is 2. The van der Waals surface area contributed by atoms with E-state index in [1.165, 1.54) is 25.9 Å². The molecule has 142 valence electrons. The lowest BCUT2D eigenvalue weighted by Gasteiger charge is -2.31. The quantitative estimate of drug-likeness (QED) is 0.664. The number of likely N-dealkylation sites (N-methyl/N-ethyl adjacent to an activating group) is 1. The Kier molecular flexibility index (Phi) is 10.3. The molecule has 1 saturated heterocycles. The van der Waals surface area contributed by atoms with Crippen LogP contribution in [-0.4, -0.2) is 79.6 Å². The fourth-order valence-electron chi connectivity index (χ4n) is 3.24. The standard InChI is InChI=1S/C19H40N4O/c1-6-21(7-2)14-15-23(16-17(3)4)19(24)20-10-13-22-11-8-18(5)9-12-22/h17-18H,6-16H2,1-5H3,(H,20,24). The van der Waals surface area contributed by atoms with E-state index in [2.05, 4.69) is 49.7 Å². The summed E-state index contributed by atoms with van der Waals surface area (Å²) >= 11 is 0. The third-order valence-electron chi connectivity index (χ3n) is 5.03. The van der Waals surface area contributed by atoms with Gasteiger partial charge in [0.2, 0.25) is 0 Å². The molecular formula is C19H40N4O. The smallest absolute Gasteiger partial charge is 0.317 e. The Balaban J connectivity index is 2.34. The van der Waals surface area contributed by atoms with Crippen molar-refractivity contribution in [3.63, 3.8) is 0 Å². The normalized spacial score (nSPS) is 16.8. The first kappa shape index (κ1) is 21.2. The van der Waals surface area contributed by atoms with Crippen LogP contribution in [0, 0.1) is 11.8 Å². The van der Waals surface area contributed by atoms with Gasteiger partial charge in [0.25, 0.3) is 0 Å². The molecule has 1 fully saturated rings. The molecule has 0 spiro atoms. The molecule has 1 aliphatic rings. The monoisotopic (exact) mass is 340 g/mol. The average molecular weight is 341 g/mol. The minimum atomic E-state index is 0.0984. The van der Waals surface area contributed by atoms with Gasteiger partial charge in [-0.2, -0.15) is 0 Å². The number of hydrogen-bond donors (Lipinski definition) is 1. The molecule has 0 radical (unpaired) electrons. The maximum atomic E-state index is 12.5. The second kappa shape index (κ2) is 11.7. The molecule has 0 aliphatic carbocycles. The molecule has 1 rings (SSSR count). The summed E-state index contributed by atoms with van der Waals surface area (Å²) in [6.07, 6.45) is 2.58. The van der Waals surface area contributed by atoms with E-state index in [0.29, 0.717) is 5.92 Å². The van der Waals surface area contributed by atoms with E-state index in [1.807, 2.05) is 4.90 Å². The van der Waals surface area contributed by atoms with E-state index in [1.54, 1.807) is 0 Å². The number of likely N-dealkylation sites (tertiary alicyclic amines) is 1. The van der Waals surface area contributed by atoms with Crippen molar-refractivity contribution in [3.05, 3.63) is 0 Å². The highest BCUT2D eigenvalue weighted by atomic mass is 16.2. The van der Waals surface area contributed by atoms with Crippen LogP contribution in [0.2, 0.25) is 0 Å². The molecule has 5 heteroatoms. The fourth-order valence-corrected chi connectivity index (χ4v) is 3.24. The van der Waals surface area contributed by atoms with E-state index in [4.69, 9.17) is 0 Å². The lowest BCUT2D eigenvalue weighted by Crippen LogP contribution is -2.47. The summed E-state index contributed by atoms with van der Waals surface area (Å²) < 4.78 is 0. The summed E-state index contributed by atoms with van der Waals surface area (Å²) in [5, 5.41) is 3.13. The van der Waals surface area contributed by atoms with Crippen molar-refractivity contribution in [2.45, 2.75) is 47.5 Å². The van der Waals surface area contributed by atoms with Crippen molar-refractivity contribution < 1.29 is 4.79 Å². The molecule has 5 nitrogen and oxygen atoms in total. The van der Waals surface area contributed by atoms with E-state index in [0.717, 1.165) is 51.7 Å². The summed E-state index contributed by atoms with van der Waals surface area (Å²) in [5.74, 6) is 1.36. The Morgan fingerprint density at radius 2 is 1.79 bits per heavy atom. The lowest BCUT2D eigenvalue weighted by atomic mass is 9.99. The number of nitrogens with zero attached hydrogens (tertiary/aromatic N) is 3. The van der Waals surface area contributed by atoms with Crippen LogP contribution in [0.25, 0.3) is 0 Å². The Hall–Kier alpha value is -0.810. The molecule has 24 heavy (non-hydrogen) atoms. The molecule has 0 aromatic rings. The Morgan fingerprint density at radius 1 is 1.17 bits per heavy atom. The van der Waals surface area contributed by atoms with Gasteiger partial charge in [0.1, 0.15) is 0 Å². The van der Waals surface area contributed by atoms with Gasteiger partial charge in [-0.15, -0.1) is 0 Å². The summed E-state index contributed by atoms with van der Waals surface area (Å²) in [5.41, 5.74) is 0. The van der Waals surface area contributed by atoms with Crippen molar-refractivity contribution in [2.75, 3.05) is 58.9 Å². The average Bonchev–Trinajstić information content (AvgIpc) is 2.56. The molecule has 0 atom stereocenters. The number of hydrogen-bond acceptors (Lipinski definition) is 3. The predicted molar refractivity (Wildman–Crippen MR) is 102 cm³/mol. The molecule has 0 aromatic carbocycles. The van der Waals surface area contributed by atoms with E-state index in [-0.39, 0.29) is 6.03 Å². The largest absolute Gasteiger partial charge is 0.337 e. The van der Waals surface area contributed by atoms with Crippen molar-refractivity contribution in [3.8, 4) is 0 Å². The van der Waals surface area contributed by atoms with Crippen LogP contribution in [0.5, 0.6) is 0 Å². The number of urea groups is 1. The minimum absolute atomic E-state index is 0.0984. The Bertz CT molecular complexity index is 336. The molecule has 0 bridgehead atoms. The predicted octanol–water partition coefficient (Wildman–Crippen LogP) is 2.73. The van der Waals surface area contributed by atoms with Gasteiger partial charge in [-0.05, 0) is 50.9 Å². The van der Waals surface area contributed by atoms with Crippen LogP contribution in [0.1, 0.15) is 47.5 Å². The second-order valence-corrected chi connectivity index (χ2v) is 7.62. The highest BCUT2D eigenvalue weighted by Gasteiger charge is 2.17. The van der Waals surface area contributed by atoms with Crippen LogP contribution in [-0.2, 0) is 0 Å². The van der Waals surface area contributed by atoms with Gasteiger partial charge in [-0.3, -0.25) is 0 Å². The van der Waals surface area contributed by atoms with Crippen LogP contribution in [0.15, 0.2) is 0 Å². The van der Waals surface area contributed by atoms with Gasteiger partial charge < -0.3 is 20.0 Å². The number of carbonyl (C=O) groups is 1. The Labute approximate surface area is 149 Å². The van der Waals surface area contributed by atoms with E-state index >= 15 is 0 Å². The number of rotatable bonds is 10. The maximum absolute atomic E-state index is 12.5. The molecule has 2 amide bonds. The molecule has 1 heterocycles. The minimum Gasteiger partial charge on any atom is -0.337 e. The highest BCUT2D eigenvalue weighted by Crippen LogP contribution is 2.15.